The summed E-state index contributed by atoms with van der Waals surface area (Å²) in [7, 11) is 3.27. The Morgan fingerprint density at radius 3 is 2.60 bits per heavy atom. The molecule has 0 unspecified atom stereocenters. The molecule has 0 aliphatic rings. The van der Waals surface area contributed by atoms with E-state index in [0.29, 0.717) is 10.7 Å². The highest BCUT2D eigenvalue weighted by molar-refractivity contribution is 6.36. The van der Waals surface area contributed by atoms with Crippen molar-refractivity contribution in [3.8, 4) is 5.75 Å². The third-order valence-corrected chi connectivity index (χ3v) is 3.52. The summed E-state index contributed by atoms with van der Waals surface area (Å²) in [6.45, 7) is 1.94. The molecule has 0 fully saturated rings. The largest absolute Gasteiger partial charge is 0.494 e. The van der Waals surface area contributed by atoms with Crippen molar-refractivity contribution >= 4 is 28.7 Å². The average molecular weight is 295 g/mol. The van der Waals surface area contributed by atoms with E-state index in [1.807, 2.05) is 31.0 Å². The van der Waals surface area contributed by atoms with Crippen molar-refractivity contribution in [2.45, 2.75) is 6.92 Å². The fraction of sp³-hybridized carbons (Fsp3) is 0.200. The molecule has 5 heteroatoms. The van der Waals surface area contributed by atoms with Crippen molar-refractivity contribution in [2.24, 2.45) is 0 Å². The van der Waals surface area contributed by atoms with Gasteiger partial charge in [0, 0.05) is 18.8 Å². The van der Waals surface area contributed by atoms with Gasteiger partial charge in [-0.2, -0.15) is 0 Å². The number of nitrogens with two attached hydrogens (primary N) is 1. The predicted octanol–water partition coefficient (Wildman–Crippen LogP) is 4.15. The fourth-order valence-corrected chi connectivity index (χ4v) is 2.25. The molecule has 20 heavy (non-hydrogen) atoms. The number of nitrogens with zero attached hydrogens (tertiary/aromatic N) is 1. The Morgan fingerprint density at radius 1 is 1.25 bits per heavy atom. The SMILES string of the molecule is COc1cc(N(C)c2cc(C)cc(N)c2Cl)ccc1F. The number of methoxy groups -OCH3 is 1. The van der Waals surface area contributed by atoms with E-state index in [0.717, 1.165) is 16.9 Å². The summed E-state index contributed by atoms with van der Waals surface area (Å²) in [6.07, 6.45) is 0. The number of ether oxygens (including phenoxy) is 1. The van der Waals surface area contributed by atoms with E-state index in [2.05, 4.69) is 0 Å². The molecule has 0 aliphatic carbocycles. The van der Waals surface area contributed by atoms with Gasteiger partial charge >= 0.3 is 0 Å². The van der Waals surface area contributed by atoms with Gasteiger partial charge in [0.15, 0.2) is 11.6 Å². The Morgan fingerprint density at radius 2 is 1.95 bits per heavy atom. The molecule has 0 atom stereocenters. The van der Waals surface area contributed by atoms with Crippen LogP contribution in [0.25, 0.3) is 0 Å². The molecule has 0 saturated carbocycles. The number of nitrogen functional groups attached to an aromatic ring is 1. The topological polar surface area (TPSA) is 38.5 Å². The molecule has 3 nitrogen and oxygen atoms in total. The van der Waals surface area contributed by atoms with Crippen LogP contribution in [0.4, 0.5) is 21.5 Å². The minimum absolute atomic E-state index is 0.186. The summed E-state index contributed by atoms with van der Waals surface area (Å²) in [5.74, 6) is -0.217. The zero-order valence-electron chi connectivity index (χ0n) is 11.6. The van der Waals surface area contributed by atoms with Gasteiger partial charge in [0.1, 0.15) is 0 Å². The summed E-state index contributed by atoms with van der Waals surface area (Å²) in [6, 6.07) is 8.37. The Hall–Kier alpha value is -1.94. The summed E-state index contributed by atoms with van der Waals surface area (Å²) in [5.41, 5.74) is 8.91. The van der Waals surface area contributed by atoms with Crippen LogP contribution in [0.1, 0.15) is 5.56 Å². The van der Waals surface area contributed by atoms with Crippen LogP contribution in [0.3, 0.4) is 0 Å². The number of benzene rings is 2. The van der Waals surface area contributed by atoms with Gasteiger partial charge in [-0.15, -0.1) is 0 Å². The Bertz CT molecular complexity index is 646. The number of rotatable bonds is 3. The molecule has 0 aromatic heterocycles. The predicted molar refractivity (Wildman–Crippen MR) is 81.6 cm³/mol. The molecular weight excluding hydrogens is 279 g/mol. The van der Waals surface area contributed by atoms with Crippen molar-refractivity contribution in [3.05, 3.63) is 46.7 Å². The fourth-order valence-electron chi connectivity index (χ4n) is 2.02. The molecule has 0 aliphatic heterocycles. The van der Waals surface area contributed by atoms with Gasteiger partial charge in [-0.05, 0) is 36.8 Å². The molecule has 0 heterocycles. The summed E-state index contributed by atoms with van der Waals surface area (Å²) < 4.78 is 18.4. The van der Waals surface area contributed by atoms with E-state index in [-0.39, 0.29) is 5.75 Å². The highest BCUT2D eigenvalue weighted by Crippen LogP contribution is 2.36. The monoisotopic (exact) mass is 294 g/mol. The second-order valence-electron chi connectivity index (χ2n) is 4.57. The number of hydrogen-bond donors (Lipinski definition) is 1. The standard InChI is InChI=1S/C15H16ClFN2O/c1-9-6-12(18)15(16)13(7-9)19(2)10-4-5-11(17)14(8-10)20-3/h4-8H,18H2,1-3H3. The first-order valence-corrected chi connectivity index (χ1v) is 6.44. The first kappa shape index (κ1) is 14.5. The molecular formula is C15H16ClFN2O. The van der Waals surface area contributed by atoms with Gasteiger partial charge in [-0.1, -0.05) is 11.6 Å². The molecule has 2 aromatic carbocycles. The quantitative estimate of drug-likeness (QED) is 0.864. The number of aryl methyl sites for hydroxylation is 1. The molecule has 106 valence electrons. The Kier molecular flexibility index (Phi) is 4.04. The minimum atomic E-state index is -0.403. The minimum Gasteiger partial charge on any atom is -0.494 e. The van der Waals surface area contributed by atoms with Crippen LogP contribution in [-0.4, -0.2) is 14.2 Å². The van der Waals surface area contributed by atoms with E-state index < -0.39 is 5.82 Å². The van der Waals surface area contributed by atoms with Gasteiger partial charge in [0.05, 0.1) is 23.5 Å². The number of hydrogen-bond acceptors (Lipinski definition) is 3. The molecule has 0 radical (unpaired) electrons. The second kappa shape index (κ2) is 5.59. The molecule has 0 amide bonds. The number of anilines is 3. The lowest BCUT2D eigenvalue weighted by Crippen LogP contribution is -2.11. The van der Waals surface area contributed by atoms with Crippen molar-refractivity contribution in [1.29, 1.82) is 0 Å². The highest BCUT2D eigenvalue weighted by Gasteiger charge is 2.13. The van der Waals surface area contributed by atoms with Crippen LogP contribution in [0.5, 0.6) is 5.75 Å². The van der Waals surface area contributed by atoms with Gasteiger partial charge in [-0.25, -0.2) is 4.39 Å². The van der Waals surface area contributed by atoms with Gasteiger partial charge in [-0.3, -0.25) is 0 Å². The van der Waals surface area contributed by atoms with Crippen molar-refractivity contribution < 1.29 is 9.13 Å². The summed E-state index contributed by atoms with van der Waals surface area (Å²) in [4.78, 5) is 1.84. The zero-order valence-corrected chi connectivity index (χ0v) is 12.3. The van der Waals surface area contributed by atoms with Crippen LogP contribution in [-0.2, 0) is 0 Å². The molecule has 2 N–H and O–H groups in total. The van der Waals surface area contributed by atoms with Crippen LogP contribution in [0.15, 0.2) is 30.3 Å². The van der Waals surface area contributed by atoms with E-state index in [4.69, 9.17) is 22.1 Å². The maximum absolute atomic E-state index is 13.5. The number of halogens is 2. The van der Waals surface area contributed by atoms with Crippen molar-refractivity contribution in [2.75, 3.05) is 24.8 Å². The van der Waals surface area contributed by atoms with Crippen LogP contribution < -0.4 is 15.4 Å². The Labute approximate surface area is 122 Å². The van der Waals surface area contributed by atoms with Crippen LogP contribution in [0, 0.1) is 12.7 Å². The molecule has 0 saturated heterocycles. The first-order chi connectivity index (χ1) is 9.43. The lowest BCUT2D eigenvalue weighted by molar-refractivity contribution is 0.386. The normalized spacial score (nSPS) is 10.4. The summed E-state index contributed by atoms with van der Waals surface area (Å²) in [5, 5.41) is 0.474. The van der Waals surface area contributed by atoms with Crippen LogP contribution >= 0.6 is 11.6 Å². The molecule has 0 bridgehead atoms. The maximum atomic E-state index is 13.5. The molecule has 2 rings (SSSR count). The van der Waals surface area contributed by atoms with E-state index >= 15 is 0 Å². The average Bonchev–Trinajstić information content (AvgIpc) is 2.42. The smallest absolute Gasteiger partial charge is 0.165 e. The first-order valence-electron chi connectivity index (χ1n) is 6.07. The zero-order chi connectivity index (χ0) is 14.9. The maximum Gasteiger partial charge on any atom is 0.165 e. The van der Waals surface area contributed by atoms with Gasteiger partial charge in [0.25, 0.3) is 0 Å². The van der Waals surface area contributed by atoms with Crippen LogP contribution in [0.2, 0.25) is 5.02 Å². The third-order valence-electron chi connectivity index (χ3n) is 3.11. The lowest BCUT2D eigenvalue weighted by atomic mass is 10.1. The van der Waals surface area contributed by atoms with Crippen molar-refractivity contribution in [3.63, 3.8) is 0 Å². The lowest BCUT2D eigenvalue weighted by Gasteiger charge is -2.22. The van der Waals surface area contributed by atoms with E-state index in [1.165, 1.54) is 13.2 Å². The molecule has 2 aromatic rings. The van der Waals surface area contributed by atoms with E-state index in [9.17, 15) is 4.39 Å². The van der Waals surface area contributed by atoms with E-state index in [1.54, 1.807) is 12.1 Å². The summed E-state index contributed by atoms with van der Waals surface area (Å²) >= 11 is 6.24. The third kappa shape index (κ3) is 2.65. The van der Waals surface area contributed by atoms with Crippen molar-refractivity contribution in [1.82, 2.24) is 0 Å². The van der Waals surface area contributed by atoms with Gasteiger partial charge < -0.3 is 15.4 Å². The second-order valence-corrected chi connectivity index (χ2v) is 4.94. The Balaban J connectivity index is 2.48. The molecule has 0 spiro atoms. The van der Waals surface area contributed by atoms with Gasteiger partial charge in [0.2, 0.25) is 0 Å². The highest BCUT2D eigenvalue weighted by atomic mass is 35.5.